The fourth-order valence-electron chi connectivity index (χ4n) is 3.48. The van der Waals surface area contributed by atoms with Gasteiger partial charge in [0.15, 0.2) is 0 Å². The summed E-state index contributed by atoms with van der Waals surface area (Å²) < 4.78 is 11.9. The summed E-state index contributed by atoms with van der Waals surface area (Å²) in [7, 11) is 0. The Bertz CT molecular complexity index is 667. The molecular formula is C21H24O4. The van der Waals surface area contributed by atoms with Gasteiger partial charge in [0.2, 0.25) is 5.79 Å². The van der Waals surface area contributed by atoms with E-state index in [1.807, 2.05) is 42.5 Å². The lowest BCUT2D eigenvalue weighted by atomic mass is 9.95. The number of hydrogen-bond acceptors (Lipinski definition) is 4. The predicted octanol–water partition coefficient (Wildman–Crippen LogP) is 5.20. The van der Waals surface area contributed by atoms with Crippen molar-refractivity contribution in [2.24, 2.45) is 0 Å². The molecule has 0 bridgehead atoms. The van der Waals surface area contributed by atoms with Crippen LogP contribution in [0.3, 0.4) is 0 Å². The minimum Gasteiger partial charge on any atom is -0.457 e. The van der Waals surface area contributed by atoms with Crippen LogP contribution in [-0.4, -0.2) is 18.5 Å². The van der Waals surface area contributed by atoms with Gasteiger partial charge in [0.1, 0.15) is 17.6 Å². The molecule has 2 fully saturated rings. The molecule has 1 spiro atoms. The van der Waals surface area contributed by atoms with Crippen molar-refractivity contribution in [1.29, 1.82) is 0 Å². The zero-order valence-corrected chi connectivity index (χ0v) is 14.5. The van der Waals surface area contributed by atoms with Crippen LogP contribution in [0.1, 0.15) is 44.1 Å². The first-order valence-electron chi connectivity index (χ1n) is 9.05. The van der Waals surface area contributed by atoms with Gasteiger partial charge >= 0.3 is 0 Å². The predicted molar refractivity (Wildman–Crippen MR) is 94.5 cm³/mol. The van der Waals surface area contributed by atoms with Crippen molar-refractivity contribution < 1.29 is 19.2 Å². The maximum absolute atomic E-state index is 6.01. The molecule has 1 aliphatic heterocycles. The molecule has 2 atom stereocenters. The van der Waals surface area contributed by atoms with Crippen LogP contribution >= 0.6 is 0 Å². The van der Waals surface area contributed by atoms with Crippen molar-refractivity contribution in [1.82, 2.24) is 0 Å². The molecule has 4 rings (SSSR count). The van der Waals surface area contributed by atoms with Crippen LogP contribution < -0.4 is 4.74 Å². The van der Waals surface area contributed by atoms with Gasteiger partial charge in [0.05, 0.1) is 6.61 Å². The first-order chi connectivity index (χ1) is 12.2. The fraction of sp³-hybridized carbons (Fsp3) is 0.429. The van der Waals surface area contributed by atoms with Crippen LogP contribution in [0, 0.1) is 0 Å². The SMILES string of the molecule is C[C@@H](c1ccc(Oc2ccccc2)cc1)C1COC2(CCCC2)OO1. The highest BCUT2D eigenvalue weighted by Crippen LogP contribution is 2.39. The molecule has 2 aliphatic rings. The summed E-state index contributed by atoms with van der Waals surface area (Å²) in [6.07, 6.45) is 4.06. The van der Waals surface area contributed by atoms with E-state index >= 15 is 0 Å². The number of para-hydroxylation sites is 1. The van der Waals surface area contributed by atoms with Gasteiger partial charge in [-0.05, 0) is 42.7 Å². The van der Waals surface area contributed by atoms with Gasteiger partial charge in [-0.15, -0.1) is 0 Å². The lowest BCUT2D eigenvalue weighted by Crippen LogP contribution is -2.44. The second-order valence-electron chi connectivity index (χ2n) is 6.92. The number of hydrogen-bond donors (Lipinski definition) is 0. The van der Waals surface area contributed by atoms with Crippen molar-refractivity contribution >= 4 is 0 Å². The molecule has 0 radical (unpaired) electrons. The standard InChI is InChI=1S/C21H24O4/c1-16(20-15-22-21(25-24-20)13-5-6-14-21)17-9-11-19(12-10-17)23-18-7-3-2-4-8-18/h2-4,7-12,16,20H,5-6,13-15H2,1H3/t16-,20?/m0/s1. The van der Waals surface area contributed by atoms with Gasteiger partial charge in [-0.25, -0.2) is 9.78 Å². The molecular weight excluding hydrogens is 316 g/mol. The maximum atomic E-state index is 6.01. The van der Waals surface area contributed by atoms with Crippen LogP contribution in [0.25, 0.3) is 0 Å². The summed E-state index contributed by atoms with van der Waals surface area (Å²) in [5.41, 5.74) is 1.18. The van der Waals surface area contributed by atoms with Crippen molar-refractivity contribution in [2.45, 2.75) is 50.4 Å². The second kappa shape index (κ2) is 7.16. The Kier molecular flexibility index (Phi) is 4.75. The van der Waals surface area contributed by atoms with E-state index in [4.69, 9.17) is 19.2 Å². The summed E-state index contributed by atoms with van der Waals surface area (Å²) in [6, 6.07) is 17.9. The topological polar surface area (TPSA) is 36.9 Å². The third-order valence-corrected chi connectivity index (χ3v) is 5.14. The zero-order chi connectivity index (χ0) is 17.1. The molecule has 4 nitrogen and oxygen atoms in total. The van der Waals surface area contributed by atoms with Gasteiger partial charge in [0, 0.05) is 18.8 Å². The highest BCUT2D eigenvalue weighted by atomic mass is 17.2. The molecule has 2 aromatic rings. The largest absolute Gasteiger partial charge is 0.457 e. The first-order valence-corrected chi connectivity index (χ1v) is 9.05. The van der Waals surface area contributed by atoms with Crippen LogP contribution in [-0.2, 0) is 14.5 Å². The highest BCUT2D eigenvalue weighted by molar-refractivity contribution is 5.34. The Labute approximate surface area is 148 Å². The quantitative estimate of drug-likeness (QED) is 0.717. The highest BCUT2D eigenvalue weighted by Gasteiger charge is 2.43. The molecule has 0 N–H and O–H groups in total. The van der Waals surface area contributed by atoms with Crippen LogP contribution in [0.5, 0.6) is 11.5 Å². The average Bonchev–Trinajstić information content (AvgIpc) is 3.11. The van der Waals surface area contributed by atoms with Gasteiger partial charge in [-0.1, -0.05) is 37.3 Å². The Morgan fingerprint density at radius 3 is 2.28 bits per heavy atom. The Balaban J connectivity index is 1.37. The van der Waals surface area contributed by atoms with E-state index in [-0.39, 0.29) is 12.0 Å². The van der Waals surface area contributed by atoms with Gasteiger partial charge in [-0.2, -0.15) is 0 Å². The smallest absolute Gasteiger partial charge is 0.201 e. The van der Waals surface area contributed by atoms with Crippen molar-refractivity contribution in [3.63, 3.8) is 0 Å². The van der Waals surface area contributed by atoms with Crippen molar-refractivity contribution in [2.75, 3.05) is 6.61 Å². The minimum atomic E-state index is -0.483. The van der Waals surface area contributed by atoms with E-state index < -0.39 is 5.79 Å². The van der Waals surface area contributed by atoms with Crippen LogP contribution in [0.2, 0.25) is 0 Å². The average molecular weight is 340 g/mol. The molecule has 132 valence electrons. The molecule has 1 heterocycles. The Hall–Kier alpha value is -1.88. The molecule has 1 saturated carbocycles. The third kappa shape index (κ3) is 3.71. The van der Waals surface area contributed by atoms with E-state index in [9.17, 15) is 0 Å². The van der Waals surface area contributed by atoms with Crippen molar-refractivity contribution in [3.05, 3.63) is 60.2 Å². The van der Waals surface area contributed by atoms with Gasteiger partial charge in [-0.3, -0.25) is 0 Å². The van der Waals surface area contributed by atoms with Crippen LogP contribution in [0.15, 0.2) is 54.6 Å². The summed E-state index contributed by atoms with van der Waals surface area (Å²) in [4.78, 5) is 11.3. The normalized spacial score (nSPS) is 23.5. The first kappa shape index (κ1) is 16.6. The van der Waals surface area contributed by atoms with E-state index in [0.29, 0.717) is 6.61 Å². The van der Waals surface area contributed by atoms with Gasteiger partial charge in [0.25, 0.3) is 0 Å². The molecule has 1 saturated heterocycles. The second-order valence-corrected chi connectivity index (χ2v) is 6.92. The fourth-order valence-corrected chi connectivity index (χ4v) is 3.48. The van der Waals surface area contributed by atoms with E-state index in [1.165, 1.54) is 5.56 Å². The Morgan fingerprint density at radius 2 is 1.64 bits per heavy atom. The molecule has 25 heavy (non-hydrogen) atoms. The van der Waals surface area contributed by atoms with E-state index in [2.05, 4.69) is 19.1 Å². The summed E-state index contributed by atoms with van der Waals surface area (Å²) in [5, 5.41) is 0. The van der Waals surface area contributed by atoms with Gasteiger partial charge < -0.3 is 9.47 Å². The molecule has 0 aromatic heterocycles. The Morgan fingerprint density at radius 1 is 0.960 bits per heavy atom. The molecule has 2 aromatic carbocycles. The number of benzene rings is 2. The molecule has 1 aliphatic carbocycles. The summed E-state index contributed by atoms with van der Waals surface area (Å²) in [6.45, 7) is 2.71. The minimum absolute atomic E-state index is 0.0906. The lowest BCUT2D eigenvalue weighted by molar-refractivity contribution is -0.486. The third-order valence-electron chi connectivity index (χ3n) is 5.14. The van der Waals surface area contributed by atoms with E-state index in [1.54, 1.807) is 0 Å². The maximum Gasteiger partial charge on any atom is 0.201 e. The van der Waals surface area contributed by atoms with Crippen molar-refractivity contribution in [3.8, 4) is 11.5 Å². The zero-order valence-electron chi connectivity index (χ0n) is 14.5. The summed E-state index contributed by atoms with van der Waals surface area (Å²) >= 11 is 0. The molecule has 1 unspecified atom stereocenters. The van der Waals surface area contributed by atoms with E-state index in [0.717, 1.165) is 37.2 Å². The number of rotatable bonds is 4. The number of ether oxygens (including phenoxy) is 2. The summed E-state index contributed by atoms with van der Waals surface area (Å²) in [5.74, 6) is 1.36. The molecule has 0 amide bonds. The van der Waals surface area contributed by atoms with Crippen LogP contribution in [0.4, 0.5) is 0 Å². The monoisotopic (exact) mass is 340 g/mol. The lowest BCUT2D eigenvalue weighted by Gasteiger charge is -2.38. The molecule has 4 heteroatoms.